The number of hydrogen-bond donors (Lipinski definition) is 0. The molecular weight excluding hydrogens is 364 g/mol. The van der Waals surface area contributed by atoms with Gasteiger partial charge in [0.15, 0.2) is 0 Å². The van der Waals surface area contributed by atoms with Gasteiger partial charge in [0.1, 0.15) is 6.10 Å². The molecule has 0 aromatic rings. The molecule has 4 aliphatic carbocycles. The van der Waals surface area contributed by atoms with Crippen LogP contribution in [0.3, 0.4) is 0 Å². The first-order valence-corrected chi connectivity index (χ1v) is 12.2. The van der Waals surface area contributed by atoms with Gasteiger partial charge in [-0.1, -0.05) is 6.92 Å². The summed E-state index contributed by atoms with van der Waals surface area (Å²) in [4.78, 5) is 22.9. The average Bonchev–Trinajstić information content (AvgIpc) is 3.15. The maximum absolute atomic E-state index is 11.6. The van der Waals surface area contributed by atoms with Crippen molar-refractivity contribution in [2.45, 2.75) is 90.6 Å². The van der Waals surface area contributed by atoms with Crippen LogP contribution in [0.1, 0.15) is 84.5 Å². The number of carbonyl (C=O) groups excluding carboxylic acids is 2. The van der Waals surface area contributed by atoms with Crippen LogP contribution in [0.25, 0.3) is 0 Å². The highest BCUT2D eigenvalue weighted by molar-refractivity contribution is 5.69. The van der Waals surface area contributed by atoms with Crippen LogP contribution >= 0.6 is 0 Å². The molecule has 0 bridgehead atoms. The molecular formula is C25H40O4. The standard InChI is InChI=1S/C25H40O4/c1-15(4-13-25(27)28-3)19-9-10-24-21(19)11-12-22-20-8-6-18(29-16(2)26)14-17(20)5-7-23(22)24/h15,17-24H,4-14H2,1-3H3/t15-,17+,18-,19-,20+,21+,22+,23-,24+/m0/s1. The van der Waals surface area contributed by atoms with E-state index in [0.29, 0.717) is 12.3 Å². The lowest BCUT2D eigenvalue weighted by Gasteiger charge is -2.53. The average molecular weight is 405 g/mol. The van der Waals surface area contributed by atoms with Gasteiger partial charge in [-0.05, 0) is 112 Å². The number of rotatable bonds is 5. The van der Waals surface area contributed by atoms with E-state index in [9.17, 15) is 9.59 Å². The molecule has 4 aliphatic rings. The fourth-order valence-electron chi connectivity index (χ4n) is 8.22. The minimum absolute atomic E-state index is 0.0576. The van der Waals surface area contributed by atoms with Crippen molar-refractivity contribution in [3.8, 4) is 0 Å². The van der Waals surface area contributed by atoms with E-state index in [-0.39, 0.29) is 18.0 Å². The Morgan fingerprint density at radius 1 is 0.862 bits per heavy atom. The Labute approximate surface area is 176 Å². The van der Waals surface area contributed by atoms with E-state index >= 15 is 0 Å². The van der Waals surface area contributed by atoms with Crippen LogP contribution in [0.5, 0.6) is 0 Å². The van der Waals surface area contributed by atoms with Crippen LogP contribution in [0, 0.1) is 47.3 Å². The largest absolute Gasteiger partial charge is 0.469 e. The lowest BCUT2D eigenvalue weighted by Crippen LogP contribution is -2.46. The minimum Gasteiger partial charge on any atom is -0.469 e. The van der Waals surface area contributed by atoms with Crippen molar-refractivity contribution in [3.63, 3.8) is 0 Å². The van der Waals surface area contributed by atoms with Crippen molar-refractivity contribution >= 4 is 11.9 Å². The molecule has 164 valence electrons. The van der Waals surface area contributed by atoms with E-state index in [1.807, 2.05) is 0 Å². The third-order valence-electron chi connectivity index (χ3n) is 9.38. The zero-order valence-corrected chi connectivity index (χ0v) is 18.6. The molecule has 0 aromatic heterocycles. The van der Waals surface area contributed by atoms with Crippen molar-refractivity contribution in [3.05, 3.63) is 0 Å². The first-order valence-electron chi connectivity index (χ1n) is 12.2. The molecule has 0 unspecified atom stereocenters. The Hall–Kier alpha value is -1.06. The van der Waals surface area contributed by atoms with Crippen molar-refractivity contribution in [1.82, 2.24) is 0 Å². The molecule has 4 saturated carbocycles. The third kappa shape index (κ3) is 4.37. The lowest BCUT2D eigenvalue weighted by atomic mass is 9.53. The van der Waals surface area contributed by atoms with Crippen molar-refractivity contribution in [2.75, 3.05) is 7.11 Å². The fraction of sp³-hybridized carbons (Fsp3) is 0.920. The van der Waals surface area contributed by atoms with E-state index in [1.165, 1.54) is 52.1 Å². The quantitative estimate of drug-likeness (QED) is 0.577. The molecule has 0 amide bonds. The summed E-state index contributed by atoms with van der Waals surface area (Å²) >= 11 is 0. The van der Waals surface area contributed by atoms with Crippen LogP contribution in [0.15, 0.2) is 0 Å². The smallest absolute Gasteiger partial charge is 0.305 e. The van der Waals surface area contributed by atoms with E-state index in [4.69, 9.17) is 9.47 Å². The van der Waals surface area contributed by atoms with Crippen LogP contribution in [-0.4, -0.2) is 25.2 Å². The topological polar surface area (TPSA) is 52.6 Å². The van der Waals surface area contributed by atoms with Gasteiger partial charge in [0, 0.05) is 13.3 Å². The molecule has 4 fully saturated rings. The number of carbonyl (C=O) groups is 2. The molecule has 9 atom stereocenters. The van der Waals surface area contributed by atoms with Gasteiger partial charge in [0.25, 0.3) is 0 Å². The van der Waals surface area contributed by atoms with Gasteiger partial charge in [-0.3, -0.25) is 9.59 Å². The zero-order valence-electron chi connectivity index (χ0n) is 18.6. The molecule has 0 N–H and O–H groups in total. The monoisotopic (exact) mass is 404 g/mol. The highest BCUT2D eigenvalue weighted by Gasteiger charge is 2.52. The summed E-state index contributed by atoms with van der Waals surface area (Å²) in [6.45, 7) is 3.92. The highest BCUT2D eigenvalue weighted by atomic mass is 16.5. The Morgan fingerprint density at radius 2 is 1.48 bits per heavy atom. The maximum atomic E-state index is 11.6. The minimum atomic E-state index is -0.110. The molecule has 0 heterocycles. The predicted molar refractivity (Wildman–Crippen MR) is 112 cm³/mol. The Balaban J connectivity index is 1.35. The zero-order chi connectivity index (χ0) is 20.5. The molecule has 0 aliphatic heterocycles. The van der Waals surface area contributed by atoms with Gasteiger partial charge >= 0.3 is 11.9 Å². The highest BCUT2D eigenvalue weighted by Crippen LogP contribution is 2.60. The van der Waals surface area contributed by atoms with Gasteiger partial charge < -0.3 is 9.47 Å². The Kier molecular flexibility index (Phi) is 6.56. The van der Waals surface area contributed by atoms with Crippen LogP contribution in [0.4, 0.5) is 0 Å². The summed E-state index contributed by atoms with van der Waals surface area (Å²) in [5.74, 6) is 6.58. The second-order valence-electron chi connectivity index (χ2n) is 10.6. The van der Waals surface area contributed by atoms with Crippen molar-refractivity contribution in [2.24, 2.45) is 47.3 Å². The fourth-order valence-corrected chi connectivity index (χ4v) is 8.22. The first-order chi connectivity index (χ1) is 14.0. The van der Waals surface area contributed by atoms with E-state index in [2.05, 4.69) is 6.92 Å². The van der Waals surface area contributed by atoms with Crippen molar-refractivity contribution in [1.29, 1.82) is 0 Å². The molecule has 0 aromatic carbocycles. The number of hydrogen-bond acceptors (Lipinski definition) is 4. The molecule has 0 saturated heterocycles. The van der Waals surface area contributed by atoms with Gasteiger partial charge in [0.2, 0.25) is 0 Å². The molecule has 0 spiro atoms. The van der Waals surface area contributed by atoms with Gasteiger partial charge in [-0.15, -0.1) is 0 Å². The van der Waals surface area contributed by atoms with Crippen LogP contribution < -0.4 is 0 Å². The second kappa shape index (κ2) is 8.98. The summed E-state index contributed by atoms with van der Waals surface area (Å²) in [6.07, 6.45) is 13.5. The van der Waals surface area contributed by atoms with Gasteiger partial charge in [0.05, 0.1) is 7.11 Å². The molecule has 4 heteroatoms. The molecule has 4 rings (SSSR count). The summed E-state index contributed by atoms with van der Waals surface area (Å²) in [5.41, 5.74) is 0. The first kappa shape index (κ1) is 21.2. The number of ether oxygens (including phenoxy) is 2. The van der Waals surface area contributed by atoms with E-state index < -0.39 is 0 Å². The summed E-state index contributed by atoms with van der Waals surface area (Å²) in [7, 11) is 1.50. The normalized spacial score (nSPS) is 42.2. The summed E-state index contributed by atoms with van der Waals surface area (Å²) in [6, 6.07) is 0. The van der Waals surface area contributed by atoms with E-state index in [1.54, 1.807) is 6.92 Å². The number of fused-ring (bicyclic) bond motifs is 5. The molecule has 0 radical (unpaired) electrons. The molecule has 4 nitrogen and oxygen atoms in total. The summed E-state index contributed by atoms with van der Waals surface area (Å²) < 4.78 is 10.4. The van der Waals surface area contributed by atoms with Crippen molar-refractivity contribution < 1.29 is 19.1 Å². The predicted octanol–water partition coefficient (Wildman–Crippen LogP) is 5.39. The summed E-state index contributed by atoms with van der Waals surface area (Å²) in [5, 5.41) is 0. The molecule has 29 heavy (non-hydrogen) atoms. The van der Waals surface area contributed by atoms with Crippen LogP contribution in [0.2, 0.25) is 0 Å². The Bertz CT molecular complexity index is 602. The second-order valence-corrected chi connectivity index (χ2v) is 10.6. The lowest BCUT2D eigenvalue weighted by molar-refractivity contribution is -0.151. The van der Waals surface area contributed by atoms with Gasteiger partial charge in [-0.25, -0.2) is 0 Å². The number of esters is 2. The Morgan fingerprint density at radius 3 is 2.24 bits per heavy atom. The SMILES string of the molecule is COC(=O)CC[C@H](C)[C@@H]1CC[C@H]2[C@H]3CC[C@@H]4C[C@@H](OC(C)=O)CC[C@H]4[C@H]3CC[C@@H]21. The van der Waals surface area contributed by atoms with Gasteiger partial charge in [-0.2, -0.15) is 0 Å². The van der Waals surface area contributed by atoms with E-state index in [0.717, 1.165) is 60.7 Å². The number of methoxy groups -OCH3 is 1. The van der Waals surface area contributed by atoms with Crippen LogP contribution in [-0.2, 0) is 19.1 Å². The maximum Gasteiger partial charge on any atom is 0.305 e. The third-order valence-corrected chi connectivity index (χ3v) is 9.38.